The number of nitro groups is 1. The van der Waals surface area contributed by atoms with Crippen molar-refractivity contribution >= 4 is 17.1 Å². The zero-order chi connectivity index (χ0) is 14.5. The first-order chi connectivity index (χ1) is 9.63. The van der Waals surface area contributed by atoms with Crippen LogP contribution in [0.4, 0.5) is 17.1 Å². The standard InChI is InChI=1S/C14H16N4O2/c1-15-12-6-3-7-13(14(12)18(19)20)17(2)10-11-5-4-8-16-9-11/h3-9,15H,10H2,1-2H3. The van der Waals surface area contributed by atoms with E-state index in [9.17, 15) is 10.1 Å². The molecule has 6 nitrogen and oxygen atoms in total. The number of nitrogens with one attached hydrogen (secondary N) is 1. The van der Waals surface area contributed by atoms with E-state index < -0.39 is 0 Å². The van der Waals surface area contributed by atoms with E-state index in [1.807, 2.05) is 24.1 Å². The summed E-state index contributed by atoms with van der Waals surface area (Å²) in [4.78, 5) is 16.8. The lowest BCUT2D eigenvalue weighted by molar-refractivity contribution is -0.383. The molecule has 0 unspecified atom stereocenters. The van der Waals surface area contributed by atoms with Crippen molar-refractivity contribution < 1.29 is 4.92 Å². The van der Waals surface area contributed by atoms with Gasteiger partial charge in [0.25, 0.3) is 0 Å². The van der Waals surface area contributed by atoms with E-state index in [1.165, 1.54) is 0 Å². The number of nitro benzene ring substituents is 1. The van der Waals surface area contributed by atoms with Gasteiger partial charge >= 0.3 is 5.69 Å². The second kappa shape index (κ2) is 6.01. The van der Waals surface area contributed by atoms with E-state index in [0.717, 1.165) is 5.56 Å². The highest BCUT2D eigenvalue weighted by Gasteiger charge is 2.21. The van der Waals surface area contributed by atoms with Crippen LogP contribution in [0.2, 0.25) is 0 Å². The molecule has 0 bridgehead atoms. The minimum Gasteiger partial charge on any atom is -0.382 e. The Morgan fingerprint density at radius 2 is 2.15 bits per heavy atom. The van der Waals surface area contributed by atoms with Crippen LogP contribution in [0.5, 0.6) is 0 Å². The molecule has 0 aliphatic heterocycles. The van der Waals surface area contributed by atoms with Crippen molar-refractivity contribution in [2.24, 2.45) is 0 Å². The third-order valence-corrected chi connectivity index (χ3v) is 3.02. The van der Waals surface area contributed by atoms with Crippen LogP contribution in [-0.2, 0) is 6.54 Å². The molecule has 2 rings (SSSR count). The molecule has 104 valence electrons. The van der Waals surface area contributed by atoms with Crippen molar-refractivity contribution in [2.75, 3.05) is 24.3 Å². The van der Waals surface area contributed by atoms with Crippen LogP contribution in [-0.4, -0.2) is 24.0 Å². The summed E-state index contributed by atoms with van der Waals surface area (Å²) in [6.45, 7) is 0.557. The summed E-state index contributed by atoms with van der Waals surface area (Å²) in [5.74, 6) is 0. The molecule has 6 heteroatoms. The third kappa shape index (κ3) is 2.85. The molecular weight excluding hydrogens is 256 g/mol. The Kier molecular flexibility index (Phi) is 4.14. The molecule has 1 aromatic heterocycles. The Morgan fingerprint density at radius 1 is 1.35 bits per heavy atom. The largest absolute Gasteiger partial charge is 0.382 e. The summed E-state index contributed by atoms with van der Waals surface area (Å²) >= 11 is 0. The molecule has 2 aromatic rings. The molecule has 0 spiro atoms. The second-order valence-corrected chi connectivity index (χ2v) is 4.40. The zero-order valence-corrected chi connectivity index (χ0v) is 11.4. The van der Waals surface area contributed by atoms with Gasteiger partial charge in [0.1, 0.15) is 11.4 Å². The van der Waals surface area contributed by atoms with Crippen molar-refractivity contribution in [3.63, 3.8) is 0 Å². The van der Waals surface area contributed by atoms with Gasteiger partial charge in [-0.15, -0.1) is 0 Å². The average molecular weight is 272 g/mol. The number of hydrogen-bond acceptors (Lipinski definition) is 5. The maximum atomic E-state index is 11.3. The van der Waals surface area contributed by atoms with Crippen LogP contribution in [0, 0.1) is 10.1 Å². The summed E-state index contributed by atoms with van der Waals surface area (Å²) in [5, 5.41) is 14.1. The average Bonchev–Trinajstić information content (AvgIpc) is 2.47. The number of anilines is 2. The van der Waals surface area contributed by atoms with Gasteiger partial charge in [0, 0.05) is 33.0 Å². The van der Waals surface area contributed by atoms with Crippen LogP contribution in [0.15, 0.2) is 42.7 Å². The minimum atomic E-state index is -0.360. The molecular formula is C14H16N4O2. The van der Waals surface area contributed by atoms with E-state index in [0.29, 0.717) is 17.9 Å². The van der Waals surface area contributed by atoms with E-state index in [1.54, 1.807) is 37.6 Å². The van der Waals surface area contributed by atoms with E-state index in [2.05, 4.69) is 10.3 Å². The minimum absolute atomic E-state index is 0.0846. The Hall–Kier alpha value is -2.63. The summed E-state index contributed by atoms with van der Waals surface area (Å²) in [6, 6.07) is 9.03. The number of nitrogens with zero attached hydrogens (tertiary/aromatic N) is 3. The predicted octanol–water partition coefficient (Wildman–Crippen LogP) is 2.67. The zero-order valence-electron chi connectivity index (χ0n) is 11.4. The molecule has 0 saturated carbocycles. The molecule has 0 radical (unpaired) electrons. The summed E-state index contributed by atoms with van der Waals surface area (Å²) in [7, 11) is 3.50. The molecule has 0 aliphatic carbocycles. The Balaban J connectivity index is 2.34. The van der Waals surface area contributed by atoms with Gasteiger partial charge in [-0.05, 0) is 23.8 Å². The first-order valence-corrected chi connectivity index (χ1v) is 6.18. The van der Waals surface area contributed by atoms with Gasteiger partial charge in [0.15, 0.2) is 0 Å². The fourth-order valence-corrected chi connectivity index (χ4v) is 2.08. The van der Waals surface area contributed by atoms with Gasteiger partial charge < -0.3 is 10.2 Å². The van der Waals surface area contributed by atoms with Crippen molar-refractivity contribution in [1.82, 2.24) is 4.98 Å². The van der Waals surface area contributed by atoms with Crippen LogP contribution in [0.1, 0.15) is 5.56 Å². The number of para-hydroxylation sites is 1. The molecule has 1 N–H and O–H groups in total. The summed E-state index contributed by atoms with van der Waals surface area (Å²) < 4.78 is 0. The Morgan fingerprint density at radius 3 is 2.75 bits per heavy atom. The van der Waals surface area contributed by atoms with Gasteiger partial charge in [-0.2, -0.15) is 0 Å². The quantitative estimate of drug-likeness (QED) is 0.669. The van der Waals surface area contributed by atoms with Crippen molar-refractivity contribution in [3.05, 3.63) is 58.4 Å². The van der Waals surface area contributed by atoms with Crippen molar-refractivity contribution in [2.45, 2.75) is 6.54 Å². The lowest BCUT2D eigenvalue weighted by Gasteiger charge is -2.20. The Labute approximate surface area is 117 Å². The third-order valence-electron chi connectivity index (χ3n) is 3.02. The first kappa shape index (κ1) is 13.8. The van der Waals surface area contributed by atoms with Crippen LogP contribution in [0.25, 0.3) is 0 Å². The maximum absolute atomic E-state index is 11.3. The smallest absolute Gasteiger partial charge is 0.315 e. The topological polar surface area (TPSA) is 71.3 Å². The molecule has 20 heavy (non-hydrogen) atoms. The molecule has 0 saturated heterocycles. The van der Waals surface area contributed by atoms with Crippen LogP contribution < -0.4 is 10.2 Å². The van der Waals surface area contributed by atoms with Gasteiger partial charge in [0.2, 0.25) is 0 Å². The Bertz CT molecular complexity index is 601. The first-order valence-electron chi connectivity index (χ1n) is 6.18. The highest BCUT2D eigenvalue weighted by molar-refractivity contribution is 5.76. The van der Waals surface area contributed by atoms with Gasteiger partial charge in [-0.1, -0.05) is 12.1 Å². The summed E-state index contributed by atoms with van der Waals surface area (Å²) in [6.07, 6.45) is 3.46. The van der Waals surface area contributed by atoms with Crippen molar-refractivity contribution in [1.29, 1.82) is 0 Å². The van der Waals surface area contributed by atoms with Gasteiger partial charge in [0.05, 0.1) is 4.92 Å². The molecule has 1 aromatic carbocycles. The van der Waals surface area contributed by atoms with Crippen LogP contribution >= 0.6 is 0 Å². The number of aromatic nitrogens is 1. The lowest BCUT2D eigenvalue weighted by atomic mass is 10.2. The number of rotatable bonds is 5. The molecule has 0 amide bonds. The van der Waals surface area contributed by atoms with Gasteiger partial charge in [-0.25, -0.2) is 0 Å². The predicted molar refractivity (Wildman–Crippen MR) is 79.0 cm³/mol. The maximum Gasteiger partial charge on any atom is 0.315 e. The second-order valence-electron chi connectivity index (χ2n) is 4.40. The number of hydrogen-bond donors (Lipinski definition) is 1. The highest BCUT2D eigenvalue weighted by atomic mass is 16.6. The fourth-order valence-electron chi connectivity index (χ4n) is 2.08. The lowest BCUT2D eigenvalue weighted by Crippen LogP contribution is -2.18. The normalized spacial score (nSPS) is 10.1. The molecule has 0 aliphatic rings. The van der Waals surface area contributed by atoms with Crippen molar-refractivity contribution in [3.8, 4) is 0 Å². The molecule has 1 heterocycles. The highest BCUT2D eigenvalue weighted by Crippen LogP contribution is 2.35. The SMILES string of the molecule is CNc1cccc(N(C)Cc2cccnc2)c1[N+](=O)[O-]. The summed E-state index contributed by atoms with van der Waals surface area (Å²) in [5.41, 5.74) is 2.16. The van der Waals surface area contributed by atoms with Gasteiger partial charge in [-0.3, -0.25) is 15.1 Å². The molecule has 0 fully saturated rings. The van der Waals surface area contributed by atoms with E-state index in [-0.39, 0.29) is 10.6 Å². The van der Waals surface area contributed by atoms with E-state index >= 15 is 0 Å². The molecule has 0 atom stereocenters. The monoisotopic (exact) mass is 272 g/mol. The van der Waals surface area contributed by atoms with E-state index in [4.69, 9.17) is 0 Å². The van der Waals surface area contributed by atoms with Crippen LogP contribution in [0.3, 0.4) is 0 Å². The number of pyridine rings is 1. The fraction of sp³-hybridized carbons (Fsp3) is 0.214. The number of benzene rings is 1.